The van der Waals surface area contributed by atoms with Crippen LogP contribution in [-0.4, -0.2) is 35.4 Å². The number of phenols is 1. The van der Waals surface area contributed by atoms with Crippen LogP contribution in [0.4, 0.5) is 0 Å². The first-order valence-electron chi connectivity index (χ1n) is 7.83. The standard InChI is InChI=1S/C8H9BO4.C6H6O.C2H6.2H2/c1-13-8(10)6-2-4-7(5-3-6)9(11)12;7-6-4-2-1-3-5-6;1-2;;/h2-5,11-12H,1H3;1-5,7H;1-2H3;2*1H/i;;;1+1D;1+1. The number of ether oxygens (including phenoxy) is 1. The molecule has 0 aliphatic carbocycles. The summed E-state index contributed by atoms with van der Waals surface area (Å²) in [7, 11) is -0.219. The molecule has 0 amide bonds. The largest absolute Gasteiger partial charge is 0.508 e. The van der Waals surface area contributed by atoms with E-state index in [9.17, 15) is 4.79 Å². The van der Waals surface area contributed by atoms with Crippen LogP contribution in [0.25, 0.3) is 0 Å². The number of benzene rings is 2. The first-order chi connectivity index (χ1) is 11.5. The van der Waals surface area contributed by atoms with E-state index in [-0.39, 0.29) is 1.43 Å². The van der Waals surface area contributed by atoms with Crippen LogP contribution in [0.3, 0.4) is 0 Å². The molecule has 3 N–H and O–H groups in total. The molecule has 2 aromatic rings. The van der Waals surface area contributed by atoms with Crippen LogP contribution >= 0.6 is 0 Å². The molecular weight excluding hydrogens is 283 g/mol. The van der Waals surface area contributed by atoms with Gasteiger partial charge in [-0.25, -0.2) is 4.79 Å². The molecule has 0 fully saturated rings. The fourth-order valence-corrected chi connectivity index (χ4v) is 1.34. The maximum atomic E-state index is 10.9. The average Bonchev–Trinajstić information content (AvgIpc) is 2.65. The fraction of sp³-hybridized carbons (Fsp3) is 0.188. The van der Waals surface area contributed by atoms with Crippen LogP contribution in [0.5, 0.6) is 5.75 Å². The number of esters is 1. The fourth-order valence-electron chi connectivity index (χ4n) is 1.34. The topological polar surface area (TPSA) is 87.0 Å². The van der Waals surface area contributed by atoms with Gasteiger partial charge in [-0.1, -0.05) is 44.2 Å². The molecule has 0 aromatic heterocycles. The van der Waals surface area contributed by atoms with Gasteiger partial charge in [0.15, 0.2) is 0 Å². The van der Waals surface area contributed by atoms with Crippen molar-refractivity contribution >= 4 is 18.6 Å². The maximum absolute atomic E-state index is 10.9. The summed E-state index contributed by atoms with van der Waals surface area (Å²) in [6.07, 6.45) is 0. The van der Waals surface area contributed by atoms with E-state index in [1.807, 2.05) is 19.9 Å². The number of carbonyl (C=O) groups excluding carboxylic acids is 1. The third-order valence-corrected chi connectivity index (χ3v) is 2.39. The summed E-state index contributed by atoms with van der Waals surface area (Å²) in [6, 6.07) is 14.6. The van der Waals surface area contributed by atoms with Crippen LogP contribution in [0, 0.1) is 0 Å². The Morgan fingerprint density at radius 2 is 1.55 bits per heavy atom. The van der Waals surface area contributed by atoms with Gasteiger partial charge in [-0.2, -0.15) is 0 Å². The minimum Gasteiger partial charge on any atom is -0.508 e. The Labute approximate surface area is 135 Å². The molecule has 0 heterocycles. The molecule has 0 radical (unpaired) electrons. The first kappa shape index (κ1) is 17.7. The number of phenolic OH excluding ortho intramolecular Hbond substituents is 1. The third kappa shape index (κ3) is 7.47. The van der Waals surface area contributed by atoms with Crippen LogP contribution in [0.1, 0.15) is 28.6 Å². The van der Waals surface area contributed by atoms with Crippen LogP contribution in [0.15, 0.2) is 54.6 Å². The molecule has 0 unspecified atom stereocenters. The Hall–Kier alpha value is -2.31. The number of para-hydroxylation sites is 1. The molecule has 0 saturated carbocycles. The Bertz CT molecular complexity index is 539. The second-order valence-corrected chi connectivity index (χ2v) is 3.82. The Morgan fingerprint density at radius 1 is 1.05 bits per heavy atom. The second kappa shape index (κ2) is 11.4. The van der Waals surface area contributed by atoms with Gasteiger partial charge in [0, 0.05) is 4.40 Å². The molecule has 122 valence electrons. The number of hydrogen-bond acceptors (Lipinski definition) is 5. The van der Waals surface area contributed by atoms with Gasteiger partial charge in [0.05, 0.1) is 12.7 Å². The van der Waals surface area contributed by atoms with E-state index in [0.717, 1.165) is 0 Å². The van der Waals surface area contributed by atoms with Gasteiger partial charge in [0.2, 0.25) is 0 Å². The van der Waals surface area contributed by atoms with Gasteiger partial charge in [0.25, 0.3) is 0 Å². The molecule has 0 saturated heterocycles. The highest BCUT2D eigenvalue weighted by atomic mass is 16.5. The zero-order chi connectivity index (χ0) is 19.0. The van der Waals surface area contributed by atoms with E-state index in [1.54, 1.807) is 24.3 Å². The molecule has 5 nitrogen and oxygen atoms in total. The Morgan fingerprint density at radius 3 is 1.86 bits per heavy atom. The first-order valence-corrected chi connectivity index (χ1v) is 6.83. The molecule has 22 heavy (non-hydrogen) atoms. The van der Waals surface area contributed by atoms with Crippen LogP contribution in [0.2, 0.25) is 0 Å². The van der Waals surface area contributed by atoms with E-state index in [4.69, 9.17) is 18.1 Å². The average molecular weight is 311 g/mol. The van der Waals surface area contributed by atoms with Crippen molar-refractivity contribution in [3.8, 4) is 5.75 Å². The monoisotopic (exact) mass is 311 g/mol. The number of carbonyl (C=O) groups is 1. The van der Waals surface area contributed by atoms with E-state index in [2.05, 4.69) is 4.74 Å². The summed E-state index contributed by atoms with van der Waals surface area (Å²) in [5.74, 6) is -0.124. The van der Waals surface area contributed by atoms with Crippen molar-refractivity contribution in [1.29, 1.82) is 0 Å². The number of hydrogen-bond donors (Lipinski definition) is 3. The van der Waals surface area contributed by atoms with Gasteiger partial charge in [0.1, 0.15) is 5.75 Å². The quantitative estimate of drug-likeness (QED) is 0.584. The number of rotatable bonds is 2. The van der Waals surface area contributed by atoms with Crippen molar-refractivity contribution in [3.63, 3.8) is 0 Å². The van der Waals surface area contributed by atoms with Crippen LogP contribution in [-0.2, 0) is 4.74 Å². The molecule has 0 atom stereocenters. The van der Waals surface area contributed by atoms with Crippen LogP contribution < -0.4 is 5.46 Å². The lowest BCUT2D eigenvalue weighted by Gasteiger charge is -2.01. The Kier molecular flexibility index (Phi) is 9.17. The van der Waals surface area contributed by atoms with Crippen molar-refractivity contribution in [2.24, 2.45) is 0 Å². The molecule has 2 aromatic carbocycles. The third-order valence-electron chi connectivity index (χ3n) is 2.39. The second-order valence-electron chi connectivity index (χ2n) is 3.82. The highest BCUT2D eigenvalue weighted by molar-refractivity contribution is 6.58. The van der Waals surface area contributed by atoms with Crippen molar-refractivity contribution in [3.05, 3.63) is 60.2 Å². The summed E-state index contributed by atoms with van der Waals surface area (Å²) < 4.78 is 14.5. The van der Waals surface area contributed by atoms with E-state index in [1.165, 1.54) is 31.4 Å². The maximum Gasteiger partial charge on any atom is 0.488 e. The van der Waals surface area contributed by atoms with Gasteiger partial charge in [-0.3, -0.25) is 0 Å². The lowest BCUT2D eigenvalue weighted by Crippen LogP contribution is -2.29. The summed E-state index contributed by atoms with van der Waals surface area (Å²) in [6.45, 7) is 4.00. The molecule has 0 aliphatic rings. The van der Waals surface area contributed by atoms with Crippen molar-refractivity contribution in [2.75, 3.05) is 7.11 Å². The molecular formula is C16H25BO5. The zero-order valence-corrected chi connectivity index (χ0v) is 12.9. The summed E-state index contributed by atoms with van der Waals surface area (Å²) in [5, 5.41) is 26.1. The SMILES string of the molecule is CC.COC(=O)c1ccc(B(O)O)cc1.Oc1ccccc1.[2HH].[2H][2H]. The summed E-state index contributed by atoms with van der Waals surface area (Å²) >= 11 is 0. The minimum absolute atomic E-state index is 0. The van der Waals surface area contributed by atoms with Gasteiger partial charge in [-0.05, 0) is 29.7 Å². The van der Waals surface area contributed by atoms with Gasteiger partial charge >= 0.3 is 13.1 Å². The van der Waals surface area contributed by atoms with Crippen molar-refractivity contribution in [2.45, 2.75) is 13.8 Å². The molecule has 2 rings (SSSR count). The zero-order valence-electron chi connectivity index (χ0n) is 14.9. The highest BCUT2D eigenvalue weighted by Gasteiger charge is 2.11. The van der Waals surface area contributed by atoms with E-state index in [0.29, 0.717) is 16.8 Å². The van der Waals surface area contributed by atoms with Gasteiger partial charge < -0.3 is 19.9 Å². The van der Waals surface area contributed by atoms with Gasteiger partial charge in [-0.15, -0.1) is 0 Å². The normalized spacial score (nSPS) is 8.95. The highest BCUT2D eigenvalue weighted by Crippen LogP contribution is 2.02. The predicted octanol–water partition coefficient (Wildman–Crippen LogP) is 2.06. The summed E-state index contributed by atoms with van der Waals surface area (Å²) in [4.78, 5) is 10.9. The summed E-state index contributed by atoms with van der Waals surface area (Å²) in [5.41, 5.74) is 0.722. The molecule has 0 aliphatic heterocycles. The minimum atomic E-state index is -1.51. The lowest BCUT2D eigenvalue weighted by molar-refractivity contribution is 0.0600. The number of methoxy groups -OCH3 is 1. The Balaban J connectivity index is -0.000000343. The molecule has 0 bridgehead atoms. The van der Waals surface area contributed by atoms with Crippen molar-refractivity contribution in [1.82, 2.24) is 0 Å². The predicted molar refractivity (Wildman–Crippen MR) is 91.3 cm³/mol. The number of aromatic hydroxyl groups is 1. The lowest BCUT2D eigenvalue weighted by atomic mass is 9.80. The molecule has 6 heteroatoms. The molecule has 0 spiro atoms. The van der Waals surface area contributed by atoms with E-state index < -0.39 is 13.1 Å². The van der Waals surface area contributed by atoms with E-state index >= 15 is 0 Å². The smallest absolute Gasteiger partial charge is 0.488 e. The van der Waals surface area contributed by atoms with Crippen molar-refractivity contribution < 1.29 is 29.1 Å².